The van der Waals surface area contributed by atoms with Crippen LogP contribution < -0.4 is 0 Å². The molecule has 0 aliphatic carbocycles. The van der Waals surface area contributed by atoms with Crippen molar-refractivity contribution in [3.8, 4) is 6.07 Å². The maximum atomic E-state index is 9.58. The van der Waals surface area contributed by atoms with Gasteiger partial charge in [-0.15, -0.1) is 0 Å². The van der Waals surface area contributed by atoms with Crippen LogP contribution in [0.25, 0.3) is 16.7 Å². The summed E-state index contributed by atoms with van der Waals surface area (Å²) in [5, 5.41) is 18.0. The predicted molar refractivity (Wildman–Crippen MR) is 87.3 cm³/mol. The lowest BCUT2D eigenvalue weighted by Crippen LogP contribution is -1.99. The molecule has 0 saturated carbocycles. The Kier molecular flexibility index (Phi) is 3.24. The van der Waals surface area contributed by atoms with Crippen molar-refractivity contribution < 1.29 is 0 Å². The quantitative estimate of drug-likeness (QED) is 0.627. The average Bonchev–Trinajstić information content (AvgIpc) is 3.21. The molecule has 1 N–H and O–H groups in total. The zero-order valence-electron chi connectivity index (χ0n) is 12.3. The molecule has 0 atom stereocenters. The number of nitriles is 1. The number of aromatic nitrogens is 5. The molecule has 4 aromatic rings. The van der Waals surface area contributed by atoms with E-state index in [1.165, 1.54) is 18.1 Å². The number of hydrogen-bond donors (Lipinski definition) is 1. The van der Waals surface area contributed by atoms with E-state index in [9.17, 15) is 5.26 Å². The summed E-state index contributed by atoms with van der Waals surface area (Å²) >= 11 is 1.48. The maximum absolute atomic E-state index is 9.58. The van der Waals surface area contributed by atoms with Crippen molar-refractivity contribution >= 4 is 28.4 Å². The monoisotopic (exact) mass is 320 g/mol. The first kappa shape index (κ1) is 13.8. The number of nitrogens with one attached hydrogen (secondary N) is 1. The number of nitrogens with zero attached hydrogens (tertiary/aromatic N) is 5. The van der Waals surface area contributed by atoms with Crippen LogP contribution in [0, 0.1) is 11.3 Å². The second kappa shape index (κ2) is 5.41. The molecule has 0 saturated heterocycles. The maximum Gasteiger partial charge on any atom is 0.189 e. The Labute approximate surface area is 136 Å². The van der Waals surface area contributed by atoms with Crippen LogP contribution in [0.3, 0.4) is 0 Å². The number of fused-ring (bicyclic) bond motifs is 3. The highest BCUT2D eigenvalue weighted by Crippen LogP contribution is 2.32. The van der Waals surface area contributed by atoms with Crippen LogP contribution in [0.5, 0.6) is 0 Å². The third-order valence-corrected chi connectivity index (χ3v) is 4.61. The van der Waals surface area contributed by atoms with Crippen LogP contribution in [-0.2, 0) is 6.42 Å². The van der Waals surface area contributed by atoms with Gasteiger partial charge in [0.25, 0.3) is 0 Å². The smallest absolute Gasteiger partial charge is 0.189 e. The predicted octanol–water partition coefficient (Wildman–Crippen LogP) is 3.19. The standard InChI is InChI=1S/C16H12N6S/c1-2-10-7-14(23-16-18-9-19-21-16)22-13-6-4-3-5-12(13)20-15(22)11(10)8-17/h3-7,9H,2H2,1H3,(H,18,19,21). The number of hydrogen-bond acceptors (Lipinski definition) is 5. The van der Waals surface area contributed by atoms with Gasteiger partial charge in [-0.05, 0) is 41.9 Å². The van der Waals surface area contributed by atoms with Gasteiger partial charge in [-0.2, -0.15) is 10.4 Å². The fourth-order valence-electron chi connectivity index (χ4n) is 2.66. The number of rotatable bonds is 3. The van der Waals surface area contributed by atoms with Crippen LogP contribution in [0.1, 0.15) is 18.1 Å². The normalized spacial score (nSPS) is 11.1. The second-order valence-corrected chi connectivity index (χ2v) is 6.01. The molecule has 3 heterocycles. The molecule has 23 heavy (non-hydrogen) atoms. The van der Waals surface area contributed by atoms with Gasteiger partial charge in [0, 0.05) is 0 Å². The Balaban J connectivity index is 2.09. The lowest BCUT2D eigenvalue weighted by atomic mass is 10.1. The number of H-pyrrole nitrogens is 1. The van der Waals surface area contributed by atoms with E-state index in [4.69, 9.17) is 0 Å². The van der Waals surface area contributed by atoms with E-state index in [-0.39, 0.29) is 0 Å². The first-order valence-electron chi connectivity index (χ1n) is 7.18. The van der Waals surface area contributed by atoms with Crippen LogP contribution >= 0.6 is 11.8 Å². The first-order valence-corrected chi connectivity index (χ1v) is 8.00. The van der Waals surface area contributed by atoms with Crippen LogP contribution in [0.2, 0.25) is 0 Å². The number of para-hydroxylation sites is 2. The van der Waals surface area contributed by atoms with Gasteiger partial charge >= 0.3 is 0 Å². The highest BCUT2D eigenvalue weighted by atomic mass is 32.2. The van der Waals surface area contributed by atoms with Gasteiger partial charge in [-0.25, -0.2) is 9.97 Å². The van der Waals surface area contributed by atoms with Crippen molar-refractivity contribution in [2.75, 3.05) is 0 Å². The van der Waals surface area contributed by atoms with E-state index in [1.54, 1.807) is 0 Å². The van der Waals surface area contributed by atoms with Crippen LogP contribution in [-0.4, -0.2) is 24.6 Å². The van der Waals surface area contributed by atoms with Crippen molar-refractivity contribution in [1.29, 1.82) is 5.26 Å². The molecule has 3 aromatic heterocycles. The molecule has 7 heteroatoms. The van der Waals surface area contributed by atoms with Gasteiger partial charge < -0.3 is 0 Å². The highest BCUT2D eigenvalue weighted by Gasteiger charge is 2.17. The zero-order chi connectivity index (χ0) is 15.8. The lowest BCUT2D eigenvalue weighted by molar-refractivity contribution is 0.955. The molecule has 1 aromatic carbocycles. The SMILES string of the molecule is CCc1cc(Sc2ncn[nH]2)n2c(nc3ccccc32)c1C#N. The Bertz CT molecular complexity index is 1040. The summed E-state index contributed by atoms with van der Waals surface area (Å²) in [4.78, 5) is 8.84. The molecule has 0 amide bonds. The summed E-state index contributed by atoms with van der Waals surface area (Å²) in [6.07, 6.45) is 2.25. The molecule has 0 spiro atoms. The molecular formula is C16H12N6S. The Morgan fingerprint density at radius 2 is 2.22 bits per heavy atom. The number of pyridine rings is 1. The summed E-state index contributed by atoms with van der Waals surface area (Å²) in [5.74, 6) is 0. The molecule has 4 rings (SSSR count). The third-order valence-electron chi connectivity index (χ3n) is 3.71. The van der Waals surface area contributed by atoms with E-state index in [0.29, 0.717) is 16.4 Å². The van der Waals surface area contributed by atoms with Gasteiger partial charge in [0.1, 0.15) is 12.4 Å². The summed E-state index contributed by atoms with van der Waals surface area (Å²) < 4.78 is 2.01. The number of aryl methyl sites for hydroxylation is 1. The minimum atomic E-state index is 0.630. The molecule has 6 nitrogen and oxygen atoms in total. The van der Waals surface area contributed by atoms with Crippen LogP contribution in [0.4, 0.5) is 0 Å². The molecule has 0 radical (unpaired) electrons. The Hall–Kier alpha value is -2.85. The average molecular weight is 320 g/mol. The van der Waals surface area contributed by atoms with Crippen molar-refractivity contribution in [1.82, 2.24) is 24.6 Å². The molecule has 112 valence electrons. The summed E-state index contributed by atoms with van der Waals surface area (Å²) in [5.41, 5.74) is 4.15. The fourth-order valence-corrected chi connectivity index (χ4v) is 3.54. The Morgan fingerprint density at radius 1 is 1.35 bits per heavy atom. The van der Waals surface area contributed by atoms with E-state index < -0.39 is 0 Å². The highest BCUT2D eigenvalue weighted by molar-refractivity contribution is 7.99. The fraction of sp³-hybridized carbons (Fsp3) is 0.125. The molecule has 0 fully saturated rings. The van der Waals surface area contributed by atoms with Gasteiger partial charge in [-0.1, -0.05) is 19.1 Å². The van der Waals surface area contributed by atoms with Crippen molar-refractivity contribution in [3.63, 3.8) is 0 Å². The largest absolute Gasteiger partial charge is 0.285 e. The van der Waals surface area contributed by atoms with Gasteiger partial charge in [0.15, 0.2) is 10.8 Å². The van der Waals surface area contributed by atoms with Crippen LogP contribution in [0.15, 0.2) is 46.8 Å². The molecule has 0 bridgehead atoms. The van der Waals surface area contributed by atoms with Gasteiger partial charge in [-0.3, -0.25) is 9.50 Å². The third kappa shape index (κ3) is 2.15. The number of benzene rings is 1. The minimum absolute atomic E-state index is 0.630. The van der Waals surface area contributed by atoms with Crippen molar-refractivity contribution in [2.24, 2.45) is 0 Å². The molecular weight excluding hydrogens is 308 g/mol. The van der Waals surface area contributed by atoms with Crippen molar-refractivity contribution in [2.45, 2.75) is 23.5 Å². The topological polar surface area (TPSA) is 82.7 Å². The first-order chi connectivity index (χ1) is 11.3. The van der Waals surface area contributed by atoms with E-state index in [1.807, 2.05) is 41.7 Å². The van der Waals surface area contributed by atoms with Gasteiger partial charge in [0.05, 0.1) is 21.6 Å². The van der Waals surface area contributed by atoms with E-state index >= 15 is 0 Å². The summed E-state index contributed by atoms with van der Waals surface area (Å²) in [6.45, 7) is 2.04. The molecule has 0 aliphatic heterocycles. The van der Waals surface area contributed by atoms with E-state index in [2.05, 4.69) is 26.2 Å². The summed E-state index contributed by atoms with van der Waals surface area (Å²) in [6, 6.07) is 12.2. The van der Waals surface area contributed by atoms with E-state index in [0.717, 1.165) is 28.0 Å². The Morgan fingerprint density at radius 3 is 2.96 bits per heavy atom. The van der Waals surface area contributed by atoms with Crippen molar-refractivity contribution in [3.05, 3.63) is 47.8 Å². The number of imidazole rings is 1. The molecule has 0 unspecified atom stereocenters. The second-order valence-electron chi connectivity index (χ2n) is 5.00. The lowest BCUT2D eigenvalue weighted by Gasteiger charge is -2.09. The molecule has 0 aliphatic rings. The van der Waals surface area contributed by atoms with Gasteiger partial charge in [0.2, 0.25) is 0 Å². The minimum Gasteiger partial charge on any atom is -0.285 e. The summed E-state index contributed by atoms with van der Waals surface area (Å²) in [7, 11) is 0. The number of aromatic amines is 1. The zero-order valence-corrected chi connectivity index (χ0v) is 13.1.